The third-order valence-corrected chi connectivity index (χ3v) is 8.19. The molecule has 3 aromatic rings. The third kappa shape index (κ3) is 4.89. The van der Waals surface area contributed by atoms with E-state index in [-0.39, 0.29) is 11.4 Å². The summed E-state index contributed by atoms with van der Waals surface area (Å²) in [6.07, 6.45) is -1.02. The molecule has 0 spiro atoms. The summed E-state index contributed by atoms with van der Waals surface area (Å²) in [5.41, 5.74) is 3.96. The highest BCUT2D eigenvalue weighted by molar-refractivity contribution is 7.92. The molecule has 1 N–H and O–H groups in total. The van der Waals surface area contributed by atoms with Crippen LogP contribution in [0.15, 0.2) is 71.6 Å². The summed E-state index contributed by atoms with van der Waals surface area (Å²) in [7, 11) is -3.90. The largest absolute Gasteiger partial charge is 0.476 e. The summed E-state index contributed by atoms with van der Waals surface area (Å²) in [5, 5.41) is 2.88. The van der Waals surface area contributed by atoms with Gasteiger partial charge in [0.05, 0.1) is 30.3 Å². The van der Waals surface area contributed by atoms with Gasteiger partial charge in [-0.1, -0.05) is 23.8 Å². The zero-order chi connectivity index (χ0) is 25.3. The lowest BCUT2D eigenvalue weighted by Gasteiger charge is -2.35. The molecule has 1 atom stereocenters. The van der Waals surface area contributed by atoms with Crippen LogP contribution < -0.4 is 19.3 Å². The van der Waals surface area contributed by atoms with Crippen molar-refractivity contribution in [3.8, 4) is 5.75 Å². The Bertz CT molecular complexity index is 1350. The second-order valence-corrected chi connectivity index (χ2v) is 10.9. The van der Waals surface area contributed by atoms with Crippen LogP contribution in [-0.4, -0.2) is 53.3 Å². The Morgan fingerprint density at radius 1 is 0.917 bits per heavy atom. The van der Waals surface area contributed by atoms with E-state index in [1.807, 2.05) is 44.2 Å². The molecular weight excluding hydrogens is 478 g/mol. The standard InChI is InChI=1S/C27H29N3O5S/c1-19-3-10-23(11-4-19)36(32,33)30-18-26(35-25-17-20(2)5-12-24(25)30)27(31)28-21-6-8-22(9-7-21)29-13-15-34-16-14-29/h3-12,17,26H,13-16,18H2,1-2H3,(H,28,31). The molecule has 2 heterocycles. The van der Waals surface area contributed by atoms with Gasteiger partial charge in [-0.05, 0) is 67.9 Å². The molecule has 36 heavy (non-hydrogen) atoms. The maximum atomic E-state index is 13.6. The van der Waals surface area contributed by atoms with Crippen molar-refractivity contribution in [3.05, 3.63) is 77.9 Å². The molecule has 1 fully saturated rings. The number of fused-ring (bicyclic) bond motifs is 1. The van der Waals surface area contributed by atoms with Crippen LogP contribution in [0.3, 0.4) is 0 Å². The normalized spacial score (nSPS) is 17.8. The predicted molar refractivity (Wildman–Crippen MR) is 139 cm³/mol. The van der Waals surface area contributed by atoms with Gasteiger partial charge in [0, 0.05) is 24.5 Å². The van der Waals surface area contributed by atoms with Crippen molar-refractivity contribution >= 4 is 33.0 Å². The maximum Gasteiger partial charge on any atom is 0.267 e. The number of ether oxygens (including phenoxy) is 2. The van der Waals surface area contributed by atoms with Gasteiger partial charge in [0.25, 0.3) is 15.9 Å². The van der Waals surface area contributed by atoms with Gasteiger partial charge in [-0.25, -0.2) is 8.42 Å². The lowest BCUT2D eigenvalue weighted by molar-refractivity contribution is -0.122. The van der Waals surface area contributed by atoms with E-state index in [1.54, 1.807) is 36.4 Å². The van der Waals surface area contributed by atoms with Crippen LogP contribution in [0.1, 0.15) is 11.1 Å². The number of nitrogens with zero attached hydrogens (tertiary/aromatic N) is 2. The molecule has 0 bridgehead atoms. The van der Waals surface area contributed by atoms with Crippen LogP contribution in [0.5, 0.6) is 5.75 Å². The van der Waals surface area contributed by atoms with Gasteiger partial charge < -0.3 is 19.7 Å². The van der Waals surface area contributed by atoms with E-state index in [2.05, 4.69) is 10.2 Å². The van der Waals surface area contributed by atoms with Crippen LogP contribution in [0, 0.1) is 13.8 Å². The molecule has 2 aliphatic heterocycles. The van der Waals surface area contributed by atoms with Crippen LogP contribution >= 0.6 is 0 Å². The number of aryl methyl sites for hydroxylation is 2. The molecular formula is C27H29N3O5S. The molecule has 1 saturated heterocycles. The number of carbonyl (C=O) groups excluding carboxylic acids is 1. The van der Waals surface area contributed by atoms with Crippen LogP contribution in [0.4, 0.5) is 17.1 Å². The first-order valence-corrected chi connectivity index (χ1v) is 13.4. The van der Waals surface area contributed by atoms with Gasteiger partial charge in [0.2, 0.25) is 0 Å². The van der Waals surface area contributed by atoms with Gasteiger partial charge in [-0.15, -0.1) is 0 Å². The minimum Gasteiger partial charge on any atom is -0.476 e. The number of sulfonamides is 1. The number of nitrogens with one attached hydrogen (secondary N) is 1. The second-order valence-electron chi connectivity index (χ2n) is 9.06. The summed E-state index contributed by atoms with van der Waals surface area (Å²) in [4.78, 5) is 15.6. The molecule has 3 aromatic carbocycles. The molecule has 2 aliphatic rings. The monoisotopic (exact) mass is 507 g/mol. The number of morpholine rings is 1. The van der Waals surface area contributed by atoms with E-state index in [1.165, 1.54) is 4.31 Å². The Morgan fingerprint density at radius 2 is 1.58 bits per heavy atom. The number of amides is 1. The summed E-state index contributed by atoms with van der Waals surface area (Å²) < 4.78 is 39.8. The van der Waals surface area contributed by atoms with Crippen LogP contribution in [0.25, 0.3) is 0 Å². The zero-order valence-corrected chi connectivity index (χ0v) is 21.1. The van der Waals surface area contributed by atoms with Gasteiger partial charge in [0.1, 0.15) is 5.75 Å². The van der Waals surface area contributed by atoms with Crippen molar-refractivity contribution in [2.75, 3.05) is 47.4 Å². The van der Waals surface area contributed by atoms with Gasteiger partial charge in [0.15, 0.2) is 6.10 Å². The average Bonchev–Trinajstić information content (AvgIpc) is 2.89. The van der Waals surface area contributed by atoms with E-state index >= 15 is 0 Å². The smallest absolute Gasteiger partial charge is 0.267 e. The average molecular weight is 508 g/mol. The SMILES string of the molecule is Cc1ccc(S(=O)(=O)N2CC(C(=O)Nc3ccc(N4CCOCC4)cc3)Oc3cc(C)ccc32)cc1. The Labute approximate surface area is 211 Å². The first-order valence-electron chi connectivity index (χ1n) is 11.9. The van der Waals surface area contributed by atoms with Crippen LogP contribution in [0.2, 0.25) is 0 Å². The van der Waals surface area contributed by atoms with E-state index in [9.17, 15) is 13.2 Å². The summed E-state index contributed by atoms with van der Waals surface area (Å²) in [6, 6.07) is 19.6. The Morgan fingerprint density at radius 3 is 2.28 bits per heavy atom. The highest BCUT2D eigenvalue weighted by atomic mass is 32.2. The van der Waals surface area contributed by atoms with Crippen molar-refractivity contribution in [3.63, 3.8) is 0 Å². The molecule has 0 radical (unpaired) electrons. The number of rotatable bonds is 5. The highest BCUT2D eigenvalue weighted by Gasteiger charge is 2.37. The molecule has 1 amide bonds. The van der Waals surface area contributed by atoms with Crippen molar-refractivity contribution in [1.82, 2.24) is 0 Å². The van der Waals surface area contributed by atoms with Crippen molar-refractivity contribution < 1.29 is 22.7 Å². The van der Waals surface area contributed by atoms with Gasteiger partial charge >= 0.3 is 0 Å². The number of hydrogen-bond acceptors (Lipinski definition) is 6. The van der Waals surface area contributed by atoms with Crippen molar-refractivity contribution in [1.29, 1.82) is 0 Å². The van der Waals surface area contributed by atoms with Gasteiger partial charge in [-0.3, -0.25) is 9.10 Å². The Kier molecular flexibility index (Phi) is 6.59. The molecule has 0 aromatic heterocycles. The van der Waals surface area contributed by atoms with Gasteiger partial charge in [-0.2, -0.15) is 0 Å². The molecule has 0 aliphatic carbocycles. The lowest BCUT2D eigenvalue weighted by atomic mass is 10.1. The molecule has 8 nitrogen and oxygen atoms in total. The molecule has 1 unspecified atom stereocenters. The molecule has 5 rings (SSSR count). The Balaban J connectivity index is 1.38. The highest BCUT2D eigenvalue weighted by Crippen LogP contribution is 2.38. The van der Waals surface area contributed by atoms with E-state index in [4.69, 9.17) is 9.47 Å². The van der Waals surface area contributed by atoms with E-state index in [0.717, 1.165) is 29.9 Å². The lowest BCUT2D eigenvalue weighted by Crippen LogP contribution is -2.48. The second kappa shape index (κ2) is 9.83. The fraction of sp³-hybridized carbons (Fsp3) is 0.296. The molecule has 0 saturated carbocycles. The van der Waals surface area contributed by atoms with Crippen molar-refractivity contribution in [2.45, 2.75) is 24.8 Å². The summed E-state index contributed by atoms with van der Waals surface area (Å²) >= 11 is 0. The zero-order valence-electron chi connectivity index (χ0n) is 20.3. The number of carbonyl (C=O) groups is 1. The number of benzene rings is 3. The fourth-order valence-corrected chi connectivity index (χ4v) is 5.84. The molecule has 188 valence electrons. The minimum atomic E-state index is -3.90. The topological polar surface area (TPSA) is 88.2 Å². The minimum absolute atomic E-state index is 0.135. The van der Waals surface area contributed by atoms with Crippen molar-refractivity contribution in [2.24, 2.45) is 0 Å². The first kappa shape index (κ1) is 24.1. The first-order chi connectivity index (χ1) is 17.3. The maximum absolute atomic E-state index is 13.6. The van der Waals surface area contributed by atoms with E-state index in [0.29, 0.717) is 30.3 Å². The molecule has 9 heteroatoms. The van der Waals surface area contributed by atoms with E-state index < -0.39 is 22.0 Å². The predicted octanol–water partition coefficient (Wildman–Crippen LogP) is 3.74. The number of hydrogen-bond donors (Lipinski definition) is 1. The van der Waals surface area contributed by atoms with Crippen LogP contribution in [-0.2, 0) is 19.6 Å². The summed E-state index contributed by atoms with van der Waals surface area (Å²) in [6.45, 7) is 6.70. The Hall–Kier alpha value is -3.56. The fourth-order valence-electron chi connectivity index (χ4n) is 4.36. The third-order valence-electron chi connectivity index (χ3n) is 6.40. The number of anilines is 3. The summed E-state index contributed by atoms with van der Waals surface area (Å²) in [5.74, 6) is -0.0508. The quantitative estimate of drug-likeness (QED) is 0.566.